The summed E-state index contributed by atoms with van der Waals surface area (Å²) >= 11 is 0. The quantitative estimate of drug-likeness (QED) is 0.798. The van der Waals surface area contributed by atoms with Crippen molar-refractivity contribution in [1.82, 2.24) is 0 Å². The first-order valence-corrected chi connectivity index (χ1v) is 4.35. The number of benzene rings is 1. The zero-order valence-electron chi connectivity index (χ0n) is 8.55. The number of hydrogen-bond acceptors (Lipinski definition) is 3. The zero-order chi connectivity index (χ0) is 11.6. The molecule has 0 spiro atoms. The highest BCUT2D eigenvalue weighted by atomic mass is 19.1. The molecular formula is C10H13F2NO2. The minimum Gasteiger partial charge on any atom is -0.497 e. The monoisotopic (exact) mass is 217 g/mol. The molecule has 0 aliphatic heterocycles. The molecular weight excluding hydrogens is 204 g/mol. The van der Waals surface area contributed by atoms with E-state index in [-0.39, 0.29) is 11.3 Å². The van der Waals surface area contributed by atoms with Gasteiger partial charge in [0, 0.05) is 17.7 Å². The van der Waals surface area contributed by atoms with E-state index in [1.54, 1.807) is 0 Å². The van der Waals surface area contributed by atoms with Gasteiger partial charge in [0.15, 0.2) is 0 Å². The number of halogens is 2. The highest BCUT2D eigenvalue weighted by Gasteiger charge is 2.28. The van der Waals surface area contributed by atoms with Gasteiger partial charge in [-0.2, -0.15) is 0 Å². The standard InChI is InChI=1S/C10H13F2NO2/c1-10(13,5-14)9-7(11)3-6(15-2)4-8(9)12/h3-4,14H,5,13H2,1-2H3. The van der Waals surface area contributed by atoms with Crippen LogP contribution in [0.5, 0.6) is 5.75 Å². The molecule has 0 bridgehead atoms. The average molecular weight is 217 g/mol. The van der Waals surface area contributed by atoms with Gasteiger partial charge in [-0.25, -0.2) is 8.78 Å². The van der Waals surface area contributed by atoms with Crippen LogP contribution in [-0.2, 0) is 5.54 Å². The second kappa shape index (κ2) is 4.12. The lowest BCUT2D eigenvalue weighted by molar-refractivity contribution is 0.202. The molecule has 0 saturated heterocycles. The summed E-state index contributed by atoms with van der Waals surface area (Å²) in [5.41, 5.74) is 3.77. The lowest BCUT2D eigenvalue weighted by atomic mass is 9.93. The van der Waals surface area contributed by atoms with Crippen molar-refractivity contribution in [3.8, 4) is 5.75 Å². The molecule has 1 aromatic rings. The van der Waals surface area contributed by atoms with E-state index in [1.165, 1.54) is 14.0 Å². The lowest BCUT2D eigenvalue weighted by Gasteiger charge is -2.23. The van der Waals surface area contributed by atoms with Crippen molar-refractivity contribution in [3.05, 3.63) is 29.3 Å². The Balaban J connectivity index is 3.31. The first-order valence-electron chi connectivity index (χ1n) is 4.35. The van der Waals surface area contributed by atoms with Crippen molar-refractivity contribution in [1.29, 1.82) is 0 Å². The highest BCUT2D eigenvalue weighted by Crippen LogP contribution is 2.27. The third-order valence-electron chi connectivity index (χ3n) is 2.15. The SMILES string of the molecule is COc1cc(F)c(C(C)(N)CO)c(F)c1. The molecule has 3 nitrogen and oxygen atoms in total. The van der Waals surface area contributed by atoms with Crippen LogP contribution in [0.4, 0.5) is 8.78 Å². The predicted octanol–water partition coefficient (Wildman–Crippen LogP) is 1.14. The Morgan fingerprint density at radius 2 is 1.87 bits per heavy atom. The molecule has 0 heterocycles. The van der Waals surface area contributed by atoms with Crippen LogP contribution in [0.15, 0.2) is 12.1 Å². The van der Waals surface area contributed by atoms with Gasteiger partial charge in [0.05, 0.1) is 19.3 Å². The minimum atomic E-state index is -1.44. The Hall–Kier alpha value is -1.20. The molecule has 0 radical (unpaired) electrons. The van der Waals surface area contributed by atoms with Crippen LogP contribution >= 0.6 is 0 Å². The Labute approximate surface area is 86.5 Å². The van der Waals surface area contributed by atoms with Crippen LogP contribution in [0.1, 0.15) is 12.5 Å². The Morgan fingerprint density at radius 1 is 1.40 bits per heavy atom. The van der Waals surface area contributed by atoms with Crippen LogP contribution < -0.4 is 10.5 Å². The first-order chi connectivity index (χ1) is 6.92. The predicted molar refractivity (Wildman–Crippen MR) is 51.5 cm³/mol. The molecule has 0 aliphatic carbocycles. The topological polar surface area (TPSA) is 55.5 Å². The Kier molecular flexibility index (Phi) is 3.26. The normalized spacial score (nSPS) is 14.8. The van der Waals surface area contributed by atoms with Gasteiger partial charge in [-0.3, -0.25) is 0 Å². The van der Waals surface area contributed by atoms with Crippen LogP contribution in [0.3, 0.4) is 0 Å². The van der Waals surface area contributed by atoms with Crippen molar-refractivity contribution >= 4 is 0 Å². The van der Waals surface area contributed by atoms with Crippen molar-refractivity contribution in [3.63, 3.8) is 0 Å². The maximum Gasteiger partial charge on any atom is 0.134 e. The number of ether oxygens (including phenoxy) is 1. The van der Waals surface area contributed by atoms with E-state index in [0.29, 0.717) is 0 Å². The van der Waals surface area contributed by atoms with E-state index >= 15 is 0 Å². The Morgan fingerprint density at radius 3 is 2.20 bits per heavy atom. The third-order valence-corrected chi connectivity index (χ3v) is 2.15. The van der Waals surface area contributed by atoms with Crippen molar-refractivity contribution in [2.45, 2.75) is 12.5 Å². The van der Waals surface area contributed by atoms with Gasteiger partial charge in [-0.1, -0.05) is 0 Å². The molecule has 0 aliphatic rings. The number of aliphatic hydroxyl groups excluding tert-OH is 1. The molecule has 0 saturated carbocycles. The second-order valence-electron chi connectivity index (χ2n) is 3.54. The maximum atomic E-state index is 13.5. The van der Waals surface area contributed by atoms with Crippen molar-refractivity contribution in [2.24, 2.45) is 5.73 Å². The van der Waals surface area contributed by atoms with Gasteiger partial charge >= 0.3 is 0 Å². The average Bonchev–Trinajstić information content (AvgIpc) is 2.16. The largest absolute Gasteiger partial charge is 0.497 e. The summed E-state index contributed by atoms with van der Waals surface area (Å²) < 4.78 is 31.6. The van der Waals surface area contributed by atoms with Gasteiger partial charge in [0.1, 0.15) is 17.4 Å². The fraction of sp³-hybridized carbons (Fsp3) is 0.400. The molecule has 3 N–H and O–H groups in total. The van der Waals surface area contributed by atoms with E-state index in [0.717, 1.165) is 12.1 Å². The smallest absolute Gasteiger partial charge is 0.134 e. The molecule has 0 aromatic heterocycles. The number of nitrogens with two attached hydrogens (primary N) is 1. The van der Waals surface area contributed by atoms with Gasteiger partial charge in [-0.05, 0) is 6.92 Å². The van der Waals surface area contributed by atoms with E-state index in [9.17, 15) is 8.78 Å². The van der Waals surface area contributed by atoms with Crippen LogP contribution in [0.25, 0.3) is 0 Å². The first kappa shape index (κ1) is 11.9. The van der Waals surface area contributed by atoms with Crippen LogP contribution in [0, 0.1) is 11.6 Å². The minimum absolute atomic E-state index is 0.0717. The van der Waals surface area contributed by atoms with Gasteiger partial charge in [0.25, 0.3) is 0 Å². The van der Waals surface area contributed by atoms with E-state index in [1.807, 2.05) is 0 Å². The summed E-state index contributed by atoms with van der Waals surface area (Å²) in [6.07, 6.45) is 0. The maximum absolute atomic E-state index is 13.5. The van der Waals surface area contributed by atoms with Gasteiger partial charge < -0.3 is 15.6 Å². The summed E-state index contributed by atoms with van der Waals surface area (Å²) in [5.74, 6) is -1.58. The van der Waals surface area contributed by atoms with Gasteiger partial charge in [-0.15, -0.1) is 0 Å². The van der Waals surface area contributed by atoms with Crippen molar-refractivity contribution < 1.29 is 18.6 Å². The molecule has 0 amide bonds. The molecule has 1 rings (SSSR count). The second-order valence-corrected chi connectivity index (χ2v) is 3.54. The molecule has 5 heteroatoms. The molecule has 1 atom stereocenters. The fourth-order valence-electron chi connectivity index (χ4n) is 1.29. The van der Waals surface area contributed by atoms with E-state index in [4.69, 9.17) is 15.6 Å². The lowest BCUT2D eigenvalue weighted by Crippen LogP contribution is -2.38. The summed E-state index contributed by atoms with van der Waals surface area (Å²) in [6.45, 7) is 0.800. The van der Waals surface area contributed by atoms with E-state index in [2.05, 4.69) is 0 Å². The number of hydrogen-bond donors (Lipinski definition) is 2. The summed E-state index contributed by atoms with van der Waals surface area (Å²) in [6, 6.07) is 2.05. The molecule has 15 heavy (non-hydrogen) atoms. The molecule has 1 aromatic carbocycles. The highest BCUT2D eigenvalue weighted by molar-refractivity contribution is 5.34. The third kappa shape index (κ3) is 2.24. The number of aliphatic hydroxyl groups is 1. The zero-order valence-corrected chi connectivity index (χ0v) is 8.55. The molecule has 84 valence electrons. The summed E-state index contributed by atoms with van der Waals surface area (Å²) in [4.78, 5) is 0. The van der Waals surface area contributed by atoms with Crippen molar-refractivity contribution in [2.75, 3.05) is 13.7 Å². The van der Waals surface area contributed by atoms with Crippen LogP contribution in [0.2, 0.25) is 0 Å². The Bertz CT molecular complexity index is 343. The number of methoxy groups -OCH3 is 1. The van der Waals surface area contributed by atoms with Gasteiger partial charge in [0.2, 0.25) is 0 Å². The molecule has 0 fully saturated rings. The molecule has 1 unspecified atom stereocenters. The van der Waals surface area contributed by atoms with Crippen LogP contribution in [-0.4, -0.2) is 18.8 Å². The van der Waals surface area contributed by atoms with E-state index < -0.39 is 23.8 Å². The number of rotatable bonds is 3. The summed E-state index contributed by atoms with van der Waals surface area (Å²) in [5, 5.41) is 8.93. The summed E-state index contributed by atoms with van der Waals surface area (Å²) in [7, 11) is 1.31. The fourth-order valence-corrected chi connectivity index (χ4v) is 1.29.